The fraction of sp³-hybridized carbons (Fsp3) is 0.741. The van der Waals surface area contributed by atoms with E-state index in [1.54, 1.807) is 0 Å². The molecule has 1 rings (SSSR count). The first-order chi connectivity index (χ1) is 15.5. The van der Waals surface area contributed by atoms with Gasteiger partial charge >= 0.3 is 5.97 Å². The maximum atomic E-state index is 12.3. The lowest BCUT2D eigenvalue weighted by molar-refractivity contribution is -0.142. The van der Waals surface area contributed by atoms with E-state index < -0.39 is 16.6 Å². The zero-order chi connectivity index (χ0) is 26.2. The van der Waals surface area contributed by atoms with Gasteiger partial charge in [0.25, 0.3) is 0 Å². The van der Waals surface area contributed by atoms with Crippen molar-refractivity contribution in [3.63, 3.8) is 0 Å². The second-order valence-corrected chi connectivity index (χ2v) is 21.9. The summed E-state index contributed by atoms with van der Waals surface area (Å²) in [6.07, 6.45) is 1.37. The smallest absolute Gasteiger partial charge is 0.308 e. The molecule has 0 saturated heterocycles. The van der Waals surface area contributed by atoms with Gasteiger partial charge in [-0.15, -0.1) is 0 Å². The molecule has 7 heteroatoms. The van der Waals surface area contributed by atoms with Crippen LogP contribution in [0.1, 0.15) is 66.4 Å². The van der Waals surface area contributed by atoms with Crippen LogP contribution in [-0.2, 0) is 29.7 Å². The lowest BCUT2D eigenvalue weighted by atomic mass is 10.1. The molecule has 0 unspecified atom stereocenters. The van der Waals surface area contributed by atoms with Crippen LogP contribution >= 0.6 is 0 Å². The number of hydrogen-bond acceptors (Lipinski definition) is 5. The van der Waals surface area contributed by atoms with Crippen LogP contribution in [0, 0.1) is 0 Å². The Bertz CT molecular complexity index is 736. The van der Waals surface area contributed by atoms with Gasteiger partial charge in [-0.05, 0) is 54.7 Å². The molecule has 34 heavy (non-hydrogen) atoms. The molecule has 0 amide bonds. The van der Waals surface area contributed by atoms with E-state index in [1.165, 1.54) is 7.11 Å². The van der Waals surface area contributed by atoms with Gasteiger partial charge in [-0.2, -0.15) is 0 Å². The molecule has 0 heterocycles. The summed E-state index contributed by atoms with van der Waals surface area (Å²) in [5.41, 5.74) is 1.16. The Hall–Kier alpha value is -0.996. The van der Waals surface area contributed by atoms with Crippen LogP contribution < -0.4 is 0 Å². The van der Waals surface area contributed by atoms with Crippen molar-refractivity contribution in [3.8, 4) is 0 Å². The predicted octanol–water partition coefficient (Wildman–Crippen LogP) is 7.33. The standard InChI is InChI=1S/C27H50O5Si2/c1-26(2,3)33(8,9)31-23(17-18-30-21-22-15-13-12-14-16-22)19-24(20-25(28)29-7)32-34(10,11)27(4,5)6/h12-16,23-24H,17-21H2,1-11H3/t23-,24-/m1/s1. The predicted molar refractivity (Wildman–Crippen MR) is 146 cm³/mol. The molecular formula is C27H50O5Si2. The van der Waals surface area contributed by atoms with Crippen molar-refractivity contribution in [3.05, 3.63) is 35.9 Å². The van der Waals surface area contributed by atoms with Crippen LogP contribution in [0.4, 0.5) is 0 Å². The monoisotopic (exact) mass is 510 g/mol. The van der Waals surface area contributed by atoms with Gasteiger partial charge in [0.1, 0.15) is 0 Å². The Labute approximate surface area is 211 Å². The minimum Gasteiger partial charge on any atom is -0.469 e. The van der Waals surface area contributed by atoms with E-state index in [9.17, 15) is 4.79 Å². The van der Waals surface area contributed by atoms with Gasteiger partial charge < -0.3 is 18.3 Å². The average Bonchev–Trinajstić information content (AvgIpc) is 2.69. The molecule has 1 aromatic carbocycles. The highest BCUT2D eigenvalue weighted by molar-refractivity contribution is 6.74. The highest BCUT2D eigenvalue weighted by atomic mass is 28.4. The van der Waals surface area contributed by atoms with Crippen molar-refractivity contribution < 1.29 is 23.1 Å². The van der Waals surface area contributed by atoms with E-state index in [0.717, 1.165) is 12.0 Å². The fourth-order valence-electron chi connectivity index (χ4n) is 3.13. The first kappa shape index (κ1) is 31.0. The molecule has 0 aliphatic rings. The Balaban J connectivity index is 3.00. The first-order valence-electron chi connectivity index (χ1n) is 12.5. The first-order valence-corrected chi connectivity index (χ1v) is 18.3. The second-order valence-electron chi connectivity index (χ2n) is 12.3. The molecule has 0 N–H and O–H groups in total. The number of rotatable bonds is 13. The molecule has 0 aliphatic heterocycles. The molecule has 2 atom stereocenters. The largest absolute Gasteiger partial charge is 0.469 e. The van der Waals surface area contributed by atoms with Crippen LogP contribution in [0.3, 0.4) is 0 Å². The summed E-state index contributed by atoms with van der Waals surface area (Å²) >= 11 is 0. The summed E-state index contributed by atoms with van der Waals surface area (Å²) in [6, 6.07) is 10.2. The Kier molecular flexibility index (Phi) is 11.7. The van der Waals surface area contributed by atoms with Crippen LogP contribution in [0.25, 0.3) is 0 Å². The molecule has 0 spiro atoms. The minimum atomic E-state index is -2.08. The topological polar surface area (TPSA) is 54.0 Å². The molecule has 5 nitrogen and oxygen atoms in total. The maximum Gasteiger partial charge on any atom is 0.308 e. The van der Waals surface area contributed by atoms with Gasteiger partial charge in [0.15, 0.2) is 16.6 Å². The van der Waals surface area contributed by atoms with Crippen molar-refractivity contribution in [1.82, 2.24) is 0 Å². The van der Waals surface area contributed by atoms with Gasteiger partial charge in [-0.25, -0.2) is 0 Å². The third-order valence-corrected chi connectivity index (χ3v) is 16.4. The quantitative estimate of drug-likeness (QED) is 0.158. The molecule has 0 saturated carbocycles. The number of esters is 1. The summed E-state index contributed by atoms with van der Waals surface area (Å²) in [5, 5.41) is 0.143. The van der Waals surface area contributed by atoms with Crippen molar-refractivity contribution in [1.29, 1.82) is 0 Å². The van der Waals surface area contributed by atoms with Crippen molar-refractivity contribution in [2.75, 3.05) is 13.7 Å². The summed E-state index contributed by atoms with van der Waals surface area (Å²) in [5.74, 6) is -0.241. The third kappa shape index (κ3) is 10.3. The summed E-state index contributed by atoms with van der Waals surface area (Å²) in [6.45, 7) is 23.6. The van der Waals surface area contributed by atoms with E-state index in [2.05, 4.69) is 79.9 Å². The Morgan fingerprint density at radius 3 is 1.82 bits per heavy atom. The van der Waals surface area contributed by atoms with Crippen molar-refractivity contribution >= 4 is 22.6 Å². The number of ether oxygens (including phenoxy) is 2. The van der Waals surface area contributed by atoms with Crippen LogP contribution in [0.5, 0.6) is 0 Å². The molecule has 0 aliphatic carbocycles. The highest BCUT2D eigenvalue weighted by Crippen LogP contribution is 2.40. The van der Waals surface area contributed by atoms with E-state index >= 15 is 0 Å². The van der Waals surface area contributed by atoms with E-state index in [4.69, 9.17) is 18.3 Å². The van der Waals surface area contributed by atoms with Gasteiger partial charge in [0.2, 0.25) is 0 Å². The summed E-state index contributed by atoms with van der Waals surface area (Å²) in [4.78, 5) is 12.3. The molecule has 0 bridgehead atoms. The van der Waals surface area contributed by atoms with Gasteiger partial charge in [-0.1, -0.05) is 71.9 Å². The van der Waals surface area contributed by atoms with Crippen molar-refractivity contribution in [2.45, 2.75) is 116 Å². The number of carbonyl (C=O) groups is 1. The molecule has 0 radical (unpaired) electrons. The van der Waals surface area contributed by atoms with Crippen LogP contribution in [0.15, 0.2) is 30.3 Å². The lowest BCUT2D eigenvalue weighted by Gasteiger charge is -2.42. The maximum absolute atomic E-state index is 12.3. The normalized spacial score (nSPS) is 15.1. The van der Waals surface area contributed by atoms with E-state index in [0.29, 0.717) is 19.6 Å². The number of carbonyl (C=O) groups excluding carboxylic acids is 1. The summed E-state index contributed by atoms with van der Waals surface area (Å²) < 4.78 is 24.6. The lowest BCUT2D eigenvalue weighted by Crippen LogP contribution is -2.48. The average molecular weight is 511 g/mol. The number of hydrogen-bond donors (Lipinski definition) is 0. The molecule has 196 valence electrons. The fourth-order valence-corrected chi connectivity index (χ4v) is 5.89. The van der Waals surface area contributed by atoms with Crippen LogP contribution in [0.2, 0.25) is 36.3 Å². The van der Waals surface area contributed by atoms with Gasteiger partial charge in [0.05, 0.1) is 26.2 Å². The van der Waals surface area contributed by atoms with Crippen molar-refractivity contribution in [2.24, 2.45) is 0 Å². The van der Waals surface area contributed by atoms with Gasteiger partial charge in [-0.3, -0.25) is 4.79 Å². The Morgan fingerprint density at radius 1 is 0.853 bits per heavy atom. The zero-order valence-corrected chi connectivity index (χ0v) is 25.6. The third-order valence-electron chi connectivity index (χ3n) is 7.38. The second kappa shape index (κ2) is 12.8. The highest BCUT2D eigenvalue weighted by Gasteiger charge is 2.42. The zero-order valence-electron chi connectivity index (χ0n) is 23.6. The molecular weight excluding hydrogens is 460 g/mol. The van der Waals surface area contributed by atoms with E-state index in [1.807, 2.05) is 18.2 Å². The molecule has 0 aromatic heterocycles. The van der Waals surface area contributed by atoms with Crippen LogP contribution in [-0.4, -0.2) is 48.5 Å². The SMILES string of the molecule is COC(=O)C[C@@H](C[C@@H](CCOCc1ccccc1)O[Si](C)(C)C(C)(C)C)O[Si](C)(C)C(C)(C)C. The summed E-state index contributed by atoms with van der Waals surface area (Å²) in [7, 11) is -2.66. The molecule has 1 aromatic rings. The van der Waals surface area contributed by atoms with E-state index in [-0.39, 0.29) is 34.7 Å². The minimum absolute atomic E-state index is 0.0453. The Morgan fingerprint density at radius 2 is 1.35 bits per heavy atom. The van der Waals surface area contributed by atoms with Gasteiger partial charge in [0, 0.05) is 12.7 Å². The molecule has 0 fully saturated rings. The number of benzene rings is 1. The number of methoxy groups -OCH3 is 1.